The molecule has 1 atom stereocenters. The highest BCUT2D eigenvalue weighted by molar-refractivity contribution is 7.99. The van der Waals surface area contributed by atoms with Crippen LogP contribution in [0.4, 0.5) is 0 Å². The summed E-state index contributed by atoms with van der Waals surface area (Å²) >= 11 is 1.78. The first kappa shape index (κ1) is 14.8. The van der Waals surface area contributed by atoms with Crippen molar-refractivity contribution >= 4 is 21.8 Å². The maximum atomic E-state index is 12.1. The molecule has 0 bridgehead atoms. The lowest BCUT2D eigenvalue weighted by Crippen LogP contribution is -2.34. The summed E-state index contributed by atoms with van der Waals surface area (Å²) in [6, 6.07) is 0.0557. The third kappa shape index (κ3) is 4.20. The van der Waals surface area contributed by atoms with E-state index in [0.29, 0.717) is 6.54 Å². The van der Waals surface area contributed by atoms with Gasteiger partial charge < -0.3 is 5.32 Å². The van der Waals surface area contributed by atoms with Crippen molar-refractivity contribution in [2.75, 3.05) is 24.6 Å². The summed E-state index contributed by atoms with van der Waals surface area (Å²) in [4.78, 5) is 0.251. The van der Waals surface area contributed by atoms with Crippen LogP contribution < -0.4 is 10.0 Å². The number of likely N-dealkylation sites (N-methyl/N-ethyl adjacent to an activating group) is 1. The van der Waals surface area contributed by atoms with Gasteiger partial charge in [-0.25, -0.2) is 13.1 Å². The smallest absolute Gasteiger partial charge is 0.243 e. The van der Waals surface area contributed by atoms with Crippen LogP contribution in [0.15, 0.2) is 17.3 Å². The molecule has 1 unspecified atom stereocenters. The van der Waals surface area contributed by atoms with Gasteiger partial charge in [-0.15, -0.1) is 0 Å². The number of sulfonamides is 1. The fraction of sp³-hybridized carbons (Fsp3) is 0.727. The molecule has 2 heterocycles. The summed E-state index contributed by atoms with van der Waals surface area (Å²) in [7, 11) is -3.42. The summed E-state index contributed by atoms with van der Waals surface area (Å²) in [6.45, 7) is 4.38. The van der Waals surface area contributed by atoms with Crippen molar-refractivity contribution in [3.63, 3.8) is 0 Å². The molecule has 1 aromatic rings. The molecular formula is C11H20N4O2S2. The van der Waals surface area contributed by atoms with Crippen LogP contribution in [0.25, 0.3) is 0 Å². The Morgan fingerprint density at radius 2 is 2.42 bits per heavy atom. The topological polar surface area (TPSA) is 76.0 Å². The van der Waals surface area contributed by atoms with E-state index >= 15 is 0 Å². The van der Waals surface area contributed by atoms with Crippen molar-refractivity contribution in [3.05, 3.63) is 12.4 Å². The maximum Gasteiger partial charge on any atom is 0.243 e. The van der Waals surface area contributed by atoms with Gasteiger partial charge >= 0.3 is 0 Å². The van der Waals surface area contributed by atoms with E-state index in [1.165, 1.54) is 6.20 Å². The SMILES string of the molecule is CCNCCn1cc(S(=O)(=O)NC2CCSC2)cn1. The minimum absolute atomic E-state index is 0.0557. The van der Waals surface area contributed by atoms with Crippen molar-refractivity contribution in [2.24, 2.45) is 0 Å². The molecule has 6 nitrogen and oxygen atoms in total. The molecule has 1 aliphatic rings. The first-order chi connectivity index (χ1) is 9.12. The molecule has 19 heavy (non-hydrogen) atoms. The quantitative estimate of drug-likeness (QED) is 0.708. The van der Waals surface area contributed by atoms with Gasteiger partial charge in [0.15, 0.2) is 0 Å². The molecule has 0 spiro atoms. The number of nitrogens with zero attached hydrogens (tertiary/aromatic N) is 2. The molecule has 1 aromatic heterocycles. The van der Waals surface area contributed by atoms with Gasteiger partial charge in [0.2, 0.25) is 10.0 Å². The number of nitrogens with one attached hydrogen (secondary N) is 2. The van der Waals surface area contributed by atoms with E-state index in [1.807, 2.05) is 6.92 Å². The molecule has 0 amide bonds. The monoisotopic (exact) mass is 304 g/mol. The zero-order chi connectivity index (χ0) is 13.7. The molecule has 1 aliphatic heterocycles. The predicted molar refractivity (Wildman–Crippen MR) is 76.8 cm³/mol. The largest absolute Gasteiger partial charge is 0.315 e. The van der Waals surface area contributed by atoms with E-state index in [1.54, 1.807) is 22.6 Å². The second kappa shape index (κ2) is 6.74. The summed E-state index contributed by atoms with van der Waals surface area (Å²) in [5.74, 6) is 1.88. The van der Waals surface area contributed by atoms with Crippen LogP contribution in [0.5, 0.6) is 0 Å². The van der Waals surface area contributed by atoms with Crippen LogP contribution in [-0.2, 0) is 16.6 Å². The first-order valence-corrected chi connectivity index (χ1v) is 9.09. The molecule has 1 fully saturated rings. The van der Waals surface area contributed by atoms with Crippen molar-refractivity contribution < 1.29 is 8.42 Å². The number of aromatic nitrogens is 2. The van der Waals surface area contributed by atoms with Crippen molar-refractivity contribution in [3.8, 4) is 0 Å². The highest BCUT2D eigenvalue weighted by Crippen LogP contribution is 2.19. The van der Waals surface area contributed by atoms with Crippen LogP contribution in [0.3, 0.4) is 0 Å². The Morgan fingerprint density at radius 3 is 3.11 bits per heavy atom. The van der Waals surface area contributed by atoms with Gasteiger partial charge in [-0.2, -0.15) is 16.9 Å². The van der Waals surface area contributed by atoms with Gasteiger partial charge in [-0.1, -0.05) is 6.92 Å². The number of thioether (sulfide) groups is 1. The Kier molecular flexibility index (Phi) is 5.26. The van der Waals surface area contributed by atoms with E-state index in [4.69, 9.17) is 0 Å². The van der Waals surface area contributed by atoms with Crippen LogP contribution in [0, 0.1) is 0 Å². The van der Waals surface area contributed by atoms with Gasteiger partial charge in [0.25, 0.3) is 0 Å². The van der Waals surface area contributed by atoms with E-state index in [-0.39, 0.29) is 10.9 Å². The van der Waals surface area contributed by atoms with Gasteiger partial charge in [0.05, 0.1) is 12.7 Å². The molecule has 0 radical (unpaired) electrons. The van der Waals surface area contributed by atoms with Crippen molar-refractivity contribution in [1.29, 1.82) is 0 Å². The highest BCUT2D eigenvalue weighted by atomic mass is 32.2. The lowest BCUT2D eigenvalue weighted by molar-refractivity contribution is 0.557. The van der Waals surface area contributed by atoms with Gasteiger partial charge in [-0.05, 0) is 18.7 Å². The zero-order valence-electron chi connectivity index (χ0n) is 11.0. The third-order valence-corrected chi connectivity index (χ3v) is 5.58. The fourth-order valence-electron chi connectivity index (χ4n) is 1.89. The van der Waals surface area contributed by atoms with Gasteiger partial charge in [-0.3, -0.25) is 4.68 Å². The van der Waals surface area contributed by atoms with Crippen LogP contribution in [0.2, 0.25) is 0 Å². The lowest BCUT2D eigenvalue weighted by Gasteiger charge is -2.10. The number of hydrogen-bond acceptors (Lipinski definition) is 5. The molecule has 2 rings (SSSR count). The Morgan fingerprint density at radius 1 is 1.58 bits per heavy atom. The molecule has 108 valence electrons. The summed E-state index contributed by atoms with van der Waals surface area (Å²) in [6.07, 6.45) is 3.90. The number of hydrogen-bond donors (Lipinski definition) is 2. The second-order valence-electron chi connectivity index (χ2n) is 4.47. The van der Waals surface area contributed by atoms with Gasteiger partial charge in [0.1, 0.15) is 4.90 Å². The second-order valence-corrected chi connectivity index (χ2v) is 7.34. The number of rotatable bonds is 7. The summed E-state index contributed by atoms with van der Waals surface area (Å²) < 4.78 is 28.7. The first-order valence-electron chi connectivity index (χ1n) is 6.45. The normalized spacial score (nSPS) is 19.9. The Labute approximate surface area is 118 Å². The zero-order valence-corrected chi connectivity index (χ0v) is 12.6. The minimum Gasteiger partial charge on any atom is -0.315 e. The highest BCUT2D eigenvalue weighted by Gasteiger charge is 2.24. The molecule has 8 heteroatoms. The van der Waals surface area contributed by atoms with E-state index in [0.717, 1.165) is 31.0 Å². The van der Waals surface area contributed by atoms with Crippen LogP contribution >= 0.6 is 11.8 Å². The fourth-order valence-corrected chi connectivity index (χ4v) is 4.37. The van der Waals surface area contributed by atoms with Crippen molar-refractivity contribution in [2.45, 2.75) is 30.8 Å². The molecule has 0 aromatic carbocycles. The molecule has 0 aliphatic carbocycles. The molecule has 1 saturated heterocycles. The summed E-state index contributed by atoms with van der Waals surface area (Å²) in [5, 5.41) is 7.26. The van der Waals surface area contributed by atoms with E-state index in [2.05, 4.69) is 15.1 Å². The van der Waals surface area contributed by atoms with Crippen LogP contribution in [-0.4, -0.2) is 48.8 Å². The summed E-state index contributed by atoms with van der Waals surface area (Å²) in [5.41, 5.74) is 0. The van der Waals surface area contributed by atoms with Crippen molar-refractivity contribution in [1.82, 2.24) is 19.8 Å². The van der Waals surface area contributed by atoms with E-state index < -0.39 is 10.0 Å². The lowest BCUT2D eigenvalue weighted by atomic mass is 10.3. The predicted octanol–water partition coefficient (Wildman–Crippen LogP) is 0.276. The van der Waals surface area contributed by atoms with E-state index in [9.17, 15) is 8.42 Å². The third-order valence-electron chi connectivity index (χ3n) is 2.94. The maximum absolute atomic E-state index is 12.1. The molecule has 0 saturated carbocycles. The Balaban J connectivity index is 1.95. The van der Waals surface area contributed by atoms with Gasteiger partial charge in [0, 0.05) is 24.5 Å². The Hall–Kier alpha value is -0.570. The Bertz CT molecular complexity index is 495. The average Bonchev–Trinajstić information content (AvgIpc) is 3.00. The van der Waals surface area contributed by atoms with Crippen LogP contribution in [0.1, 0.15) is 13.3 Å². The standard InChI is InChI=1S/C11H20N4O2S2/c1-2-12-4-5-15-8-11(7-13-15)19(16,17)14-10-3-6-18-9-10/h7-8,10,12,14H,2-6,9H2,1H3. The average molecular weight is 304 g/mol. The molecular weight excluding hydrogens is 284 g/mol. The molecule has 2 N–H and O–H groups in total. The minimum atomic E-state index is -3.42.